The smallest absolute Gasteiger partial charge is 0.270 e. The lowest BCUT2D eigenvalue weighted by Gasteiger charge is -2.14. The van der Waals surface area contributed by atoms with Gasteiger partial charge in [0.2, 0.25) is 5.95 Å². The predicted molar refractivity (Wildman–Crippen MR) is 106 cm³/mol. The van der Waals surface area contributed by atoms with Crippen LogP contribution in [-0.4, -0.2) is 20.9 Å². The fraction of sp³-hybridized carbons (Fsp3) is 0.238. The third kappa shape index (κ3) is 4.88. The first-order chi connectivity index (χ1) is 13.0. The van der Waals surface area contributed by atoms with Gasteiger partial charge in [0.15, 0.2) is 0 Å². The van der Waals surface area contributed by atoms with E-state index in [1.807, 2.05) is 37.3 Å². The first kappa shape index (κ1) is 18.5. The predicted octanol–water partition coefficient (Wildman–Crippen LogP) is 3.98. The molecule has 0 aliphatic rings. The zero-order chi connectivity index (χ0) is 19.2. The van der Waals surface area contributed by atoms with Crippen LogP contribution in [-0.2, 0) is 6.54 Å². The fourth-order valence-corrected chi connectivity index (χ4v) is 2.75. The Hall–Kier alpha value is -3.28. The maximum Gasteiger partial charge on any atom is 0.270 e. The van der Waals surface area contributed by atoms with E-state index in [9.17, 15) is 4.79 Å². The second kappa shape index (κ2) is 8.40. The maximum absolute atomic E-state index is 12.5. The SMILES string of the molecule is Cc1cc(C(=O)NCc2cccnc2)nc(Nc2ccccc2C(C)C)n1. The molecule has 6 nitrogen and oxygen atoms in total. The summed E-state index contributed by atoms with van der Waals surface area (Å²) in [5.41, 5.74) is 4.10. The van der Waals surface area contributed by atoms with Crippen molar-refractivity contribution < 1.29 is 4.79 Å². The molecule has 0 radical (unpaired) electrons. The number of carbonyl (C=O) groups excluding carboxylic acids is 1. The Bertz CT molecular complexity index is 925. The Labute approximate surface area is 159 Å². The molecule has 0 atom stereocenters. The normalized spacial score (nSPS) is 10.7. The van der Waals surface area contributed by atoms with Gasteiger partial charge in [0.1, 0.15) is 5.69 Å². The molecule has 2 N–H and O–H groups in total. The largest absolute Gasteiger partial charge is 0.347 e. The number of hydrogen-bond donors (Lipinski definition) is 2. The van der Waals surface area contributed by atoms with Gasteiger partial charge in [-0.25, -0.2) is 9.97 Å². The van der Waals surface area contributed by atoms with E-state index in [-0.39, 0.29) is 5.91 Å². The van der Waals surface area contributed by atoms with Crippen molar-refractivity contribution in [2.75, 3.05) is 5.32 Å². The van der Waals surface area contributed by atoms with Crippen molar-refractivity contribution in [2.24, 2.45) is 0 Å². The molecule has 0 aliphatic carbocycles. The van der Waals surface area contributed by atoms with E-state index in [1.54, 1.807) is 18.5 Å². The van der Waals surface area contributed by atoms with Gasteiger partial charge in [-0.1, -0.05) is 38.1 Å². The minimum Gasteiger partial charge on any atom is -0.347 e. The summed E-state index contributed by atoms with van der Waals surface area (Å²) in [6.45, 7) is 6.51. The summed E-state index contributed by atoms with van der Waals surface area (Å²) < 4.78 is 0. The number of aryl methyl sites for hydroxylation is 1. The number of nitrogens with zero attached hydrogens (tertiary/aromatic N) is 3. The summed E-state index contributed by atoms with van der Waals surface area (Å²) in [4.78, 5) is 25.4. The number of aromatic nitrogens is 3. The molecule has 3 aromatic rings. The zero-order valence-corrected chi connectivity index (χ0v) is 15.7. The standard InChI is InChI=1S/C21H23N5O/c1-14(2)17-8-4-5-9-18(17)25-21-24-15(3)11-19(26-21)20(27)23-13-16-7-6-10-22-12-16/h4-12,14H,13H2,1-3H3,(H,23,27)(H,24,25,26). The van der Waals surface area contributed by atoms with Crippen LogP contribution in [0.25, 0.3) is 0 Å². The molecule has 0 fully saturated rings. The summed E-state index contributed by atoms with van der Waals surface area (Å²) in [6.07, 6.45) is 3.42. The van der Waals surface area contributed by atoms with Gasteiger partial charge in [0.05, 0.1) is 0 Å². The highest BCUT2D eigenvalue weighted by Crippen LogP contribution is 2.25. The van der Waals surface area contributed by atoms with Crippen LogP contribution in [0, 0.1) is 6.92 Å². The molecule has 1 amide bonds. The van der Waals surface area contributed by atoms with Crippen LogP contribution in [0.4, 0.5) is 11.6 Å². The summed E-state index contributed by atoms with van der Waals surface area (Å²) in [5, 5.41) is 6.12. The number of para-hydroxylation sites is 1. The molecular weight excluding hydrogens is 338 g/mol. The van der Waals surface area contributed by atoms with Gasteiger partial charge in [0.25, 0.3) is 5.91 Å². The van der Waals surface area contributed by atoms with Gasteiger partial charge in [-0.2, -0.15) is 0 Å². The first-order valence-electron chi connectivity index (χ1n) is 8.91. The lowest BCUT2D eigenvalue weighted by molar-refractivity contribution is 0.0945. The molecular formula is C21H23N5O. The number of anilines is 2. The zero-order valence-electron chi connectivity index (χ0n) is 15.7. The van der Waals surface area contributed by atoms with Crippen molar-refractivity contribution >= 4 is 17.5 Å². The Balaban J connectivity index is 1.77. The minimum atomic E-state index is -0.246. The summed E-state index contributed by atoms with van der Waals surface area (Å²) in [7, 11) is 0. The number of pyridine rings is 1. The van der Waals surface area contributed by atoms with Gasteiger partial charge in [-0.3, -0.25) is 9.78 Å². The Morgan fingerprint density at radius 2 is 1.93 bits per heavy atom. The Morgan fingerprint density at radius 3 is 2.67 bits per heavy atom. The van der Waals surface area contributed by atoms with Crippen LogP contribution < -0.4 is 10.6 Å². The van der Waals surface area contributed by atoms with Crippen molar-refractivity contribution in [1.29, 1.82) is 0 Å². The number of carbonyl (C=O) groups is 1. The average Bonchev–Trinajstić information content (AvgIpc) is 2.66. The van der Waals surface area contributed by atoms with E-state index in [2.05, 4.69) is 45.5 Å². The molecule has 0 saturated carbocycles. The summed E-state index contributed by atoms with van der Waals surface area (Å²) in [5.74, 6) is 0.528. The van der Waals surface area contributed by atoms with E-state index < -0.39 is 0 Å². The van der Waals surface area contributed by atoms with Crippen LogP contribution in [0.3, 0.4) is 0 Å². The fourth-order valence-electron chi connectivity index (χ4n) is 2.75. The number of amides is 1. The van der Waals surface area contributed by atoms with Crippen molar-refractivity contribution in [2.45, 2.75) is 33.2 Å². The molecule has 2 heterocycles. The average molecular weight is 361 g/mol. The van der Waals surface area contributed by atoms with Crippen LogP contribution in [0.2, 0.25) is 0 Å². The second-order valence-corrected chi connectivity index (χ2v) is 6.63. The number of rotatable bonds is 6. The van der Waals surface area contributed by atoms with Gasteiger partial charge >= 0.3 is 0 Å². The Morgan fingerprint density at radius 1 is 1.11 bits per heavy atom. The van der Waals surface area contributed by atoms with Crippen molar-refractivity contribution in [3.63, 3.8) is 0 Å². The molecule has 27 heavy (non-hydrogen) atoms. The third-order valence-electron chi connectivity index (χ3n) is 4.09. The van der Waals surface area contributed by atoms with Gasteiger partial charge in [-0.15, -0.1) is 0 Å². The van der Waals surface area contributed by atoms with Gasteiger partial charge in [0, 0.05) is 30.3 Å². The second-order valence-electron chi connectivity index (χ2n) is 6.63. The molecule has 0 bridgehead atoms. The molecule has 0 spiro atoms. The van der Waals surface area contributed by atoms with Crippen molar-refractivity contribution in [1.82, 2.24) is 20.3 Å². The molecule has 138 valence electrons. The van der Waals surface area contributed by atoms with E-state index in [0.717, 1.165) is 16.9 Å². The monoisotopic (exact) mass is 361 g/mol. The highest BCUT2D eigenvalue weighted by Gasteiger charge is 2.12. The summed E-state index contributed by atoms with van der Waals surface area (Å²) in [6, 6.07) is 13.5. The molecule has 2 aromatic heterocycles. The third-order valence-corrected chi connectivity index (χ3v) is 4.09. The maximum atomic E-state index is 12.5. The van der Waals surface area contributed by atoms with E-state index in [1.165, 1.54) is 5.56 Å². The van der Waals surface area contributed by atoms with Gasteiger partial charge < -0.3 is 10.6 Å². The molecule has 3 rings (SSSR count). The lowest BCUT2D eigenvalue weighted by atomic mass is 10.0. The molecule has 0 saturated heterocycles. The van der Waals surface area contributed by atoms with E-state index in [0.29, 0.717) is 24.1 Å². The Kier molecular flexibility index (Phi) is 5.76. The van der Waals surface area contributed by atoms with E-state index >= 15 is 0 Å². The van der Waals surface area contributed by atoms with Crippen LogP contribution >= 0.6 is 0 Å². The van der Waals surface area contributed by atoms with Crippen LogP contribution in [0.5, 0.6) is 0 Å². The van der Waals surface area contributed by atoms with E-state index in [4.69, 9.17) is 0 Å². The molecule has 6 heteroatoms. The quantitative estimate of drug-likeness (QED) is 0.694. The number of benzene rings is 1. The minimum absolute atomic E-state index is 0.246. The van der Waals surface area contributed by atoms with Crippen LogP contribution in [0.1, 0.15) is 47.1 Å². The molecule has 0 aliphatic heterocycles. The molecule has 0 unspecified atom stereocenters. The highest BCUT2D eigenvalue weighted by molar-refractivity contribution is 5.92. The topological polar surface area (TPSA) is 79.8 Å². The first-order valence-corrected chi connectivity index (χ1v) is 8.91. The van der Waals surface area contributed by atoms with Crippen molar-refractivity contribution in [3.05, 3.63) is 77.4 Å². The summed E-state index contributed by atoms with van der Waals surface area (Å²) >= 11 is 0. The number of hydrogen-bond acceptors (Lipinski definition) is 5. The lowest BCUT2D eigenvalue weighted by Crippen LogP contribution is -2.24. The highest BCUT2D eigenvalue weighted by atomic mass is 16.1. The van der Waals surface area contributed by atoms with Crippen molar-refractivity contribution in [3.8, 4) is 0 Å². The molecule has 1 aromatic carbocycles. The van der Waals surface area contributed by atoms with Crippen LogP contribution in [0.15, 0.2) is 54.9 Å². The van der Waals surface area contributed by atoms with Gasteiger partial charge in [-0.05, 0) is 42.2 Å². The number of nitrogens with one attached hydrogen (secondary N) is 2.